The Hall–Kier alpha value is -9.90. The van der Waals surface area contributed by atoms with Gasteiger partial charge in [-0.1, -0.05) is 327 Å². The molecular weight excluding hydrogens is 1270 g/mol. The summed E-state index contributed by atoms with van der Waals surface area (Å²) in [6.07, 6.45) is 0. The molecule has 0 N–H and O–H groups in total. The summed E-state index contributed by atoms with van der Waals surface area (Å²) < 4.78 is 9.96. The lowest BCUT2D eigenvalue weighted by Crippen LogP contribution is -2.65. The molecule has 1 spiro atoms. The van der Waals surface area contributed by atoms with E-state index in [1.807, 2.05) is 0 Å². The van der Waals surface area contributed by atoms with Crippen LogP contribution in [-0.2, 0) is 43.3 Å². The summed E-state index contributed by atoms with van der Waals surface area (Å²) in [4.78, 5) is 2.76. The third-order valence-electron chi connectivity index (χ3n) is 23.3. The van der Waals surface area contributed by atoms with Crippen LogP contribution in [0.5, 0.6) is 11.5 Å². The quantitative estimate of drug-likeness (QED) is 0.154. The summed E-state index contributed by atoms with van der Waals surface area (Å²) in [6, 6.07) is 95.5. The van der Waals surface area contributed by atoms with E-state index < -0.39 is 5.41 Å². The van der Waals surface area contributed by atoms with E-state index in [1.54, 1.807) is 0 Å². The van der Waals surface area contributed by atoms with Crippen molar-refractivity contribution in [3.63, 3.8) is 0 Å². The molecule has 3 aliphatic rings. The maximum absolute atomic E-state index is 7.34. The van der Waals surface area contributed by atoms with Gasteiger partial charge in [0.1, 0.15) is 11.5 Å². The molecule has 0 radical (unpaired) electrons. The molecule has 0 unspecified atom stereocenters. The third-order valence-corrected chi connectivity index (χ3v) is 23.3. The molecule has 16 rings (SSSR count). The van der Waals surface area contributed by atoms with Crippen LogP contribution in [0.1, 0.15) is 207 Å². The van der Waals surface area contributed by atoms with E-state index in [1.165, 1.54) is 122 Å². The maximum Gasteiger partial charge on any atom is 0.247 e. The van der Waals surface area contributed by atoms with E-state index in [4.69, 9.17) is 4.74 Å². The van der Waals surface area contributed by atoms with Gasteiger partial charge in [0, 0.05) is 50.1 Å². The van der Waals surface area contributed by atoms with E-state index in [-0.39, 0.29) is 44.6 Å². The molecule has 0 saturated carbocycles. The molecule has 4 heterocycles. The Morgan fingerprint density at radius 1 is 0.286 bits per heavy atom. The number of rotatable bonds is 6. The minimum absolute atomic E-state index is 0.0868. The fourth-order valence-electron chi connectivity index (χ4n) is 17.2. The first-order valence-corrected chi connectivity index (χ1v) is 38.3. The lowest BCUT2D eigenvalue weighted by molar-refractivity contribution is 0.435. The van der Waals surface area contributed by atoms with Gasteiger partial charge >= 0.3 is 0 Å². The standard InChI is InChI=1S/C101H103BN2O/c1-94(2,3)68-42-46-86-78(56-68)79-57-69(95(4,5)6)43-47-87(79)103(86)75-60-83-92-89(61-75)104(93-76(62-32-24-22-25-33-62)58-74(100(19,20)21)59-77(93)63-34-26-23-27-35-63)88-45-41-65(67-50-72(98(13,14)15)55-73(51-67)99(16,17)18)53-85(88)102(92)84-52-64(66-48-70(96(7,8)9)54-71(49-66)97(10,11)12)40-44-80(84)101(83)81-36-28-30-38-90(81)105-91-39-31-29-37-82(91)101/h22-61H,1-21H3. The van der Waals surface area contributed by atoms with Crippen LogP contribution >= 0.6 is 0 Å². The van der Waals surface area contributed by atoms with Crippen LogP contribution < -0.4 is 26.0 Å². The van der Waals surface area contributed by atoms with Crippen LogP contribution in [0.3, 0.4) is 0 Å². The Morgan fingerprint density at radius 2 is 0.686 bits per heavy atom. The molecule has 12 aromatic carbocycles. The smallest absolute Gasteiger partial charge is 0.247 e. The minimum Gasteiger partial charge on any atom is -0.457 e. The Morgan fingerprint density at radius 3 is 1.12 bits per heavy atom. The van der Waals surface area contributed by atoms with Crippen molar-refractivity contribution in [1.29, 1.82) is 0 Å². The molecule has 526 valence electrons. The largest absolute Gasteiger partial charge is 0.457 e. The van der Waals surface area contributed by atoms with Crippen LogP contribution in [0.4, 0.5) is 17.1 Å². The number of para-hydroxylation sites is 2. The van der Waals surface area contributed by atoms with Gasteiger partial charge in [0.25, 0.3) is 0 Å². The van der Waals surface area contributed by atoms with Crippen molar-refractivity contribution in [3.05, 3.63) is 304 Å². The summed E-state index contributed by atoms with van der Waals surface area (Å²) in [6.45, 7) is 49.2. The van der Waals surface area contributed by atoms with Crippen LogP contribution in [0.25, 0.3) is 72.0 Å². The topological polar surface area (TPSA) is 17.4 Å². The molecule has 3 aliphatic heterocycles. The number of anilines is 3. The first-order valence-electron chi connectivity index (χ1n) is 38.3. The van der Waals surface area contributed by atoms with Crippen molar-refractivity contribution in [1.82, 2.24) is 4.57 Å². The van der Waals surface area contributed by atoms with Crippen molar-refractivity contribution in [2.45, 2.75) is 189 Å². The molecule has 1 aromatic heterocycles. The molecule has 0 atom stereocenters. The molecular formula is C101H103BN2O. The molecule has 0 saturated heterocycles. The van der Waals surface area contributed by atoms with Crippen LogP contribution in [-0.4, -0.2) is 11.3 Å². The first kappa shape index (κ1) is 69.5. The van der Waals surface area contributed by atoms with Crippen LogP contribution in [0.2, 0.25) is 0 Å². The van der Waals surface area contributed by atoms with Gasteiger partial charge in [0.15, 0.2) is 0 Å². The normalized spacial score (nSPS) is 14.3. The number of fused-ring (bicyclic) bond motifs is 13. The molecule has 13 aromatic rings. The highest BCUT2D eigenvalue weighted by Gasteiger charge is 2.55. The third kappa shape index (κ3) is 11.6. The van der Waals surface area contributed by atoms with Gasteiger partial charge in [-0.25, -0.2) is 0 Å². The van der Waals surface area contributed by atoms with Crippen molar-refractivity contribution in [2.24, 2.45) is 0 Å². The maximum atomic E-state index is 7.34. The highest BCUT2D eigenvalue weighted by Crippen LogP contribution is 2.59. The lowest BCUT2D eigenvalue weighted by atomic mass is 9.29. The SMILES string of the molecule is CC(C)(C)c1cc(-c2ccc3c(c2)B2c4cc(-c5cc(C(C)(C)C)cc(C(C)(C)C)c5)ccc4C4(c5ccccc5Oc5ccccc54)c4cc(-n5c6ccc(C(C)(C)C)cc6c6cc(C(C)(C)C)ccc65)cc(c42)N3c2c(-c3ccccc3)cc(C(C)(C)C)cc2-c2ccccc2)cc(C(C)(C)C)c1. The van der Waals surface area contributed by atoms with Crippen molar-refractivity contribution < 1.29 is 4.74 Å². The van der Waals surface area contributed by atoms with Gasteiger partial charge in [-0.2, -0.15) is 0 Å². The molecule has 0 fully saturated rings. The number of aromatic nitrogens is 1. The molecule has 4 heteroatoms. The predicted molar refractivity (Wildman–Crippen MR) is 451 cm³/mol. The molecule has 105 heavy (non-hydrogen) atoms. The summed E-state index contributed by atoms with van der Waals surface area (Å²) in [7, 11) is 0. The zero-order valence-electron chi connectivity index (χ0n) is 66.0. The van der Waals surface area contributed by atoms with Gasteiger partial charge in [-0.05, 0) is 199 Å². The predicted octanol–water partition coefficient (Wildman–Crippen LogP) is 25.6. The van der Waals surface area contributed by atoms with Gasteiger partial charge < -0.3 is 14.2 Å². The van der Waals surface area contributed by atoms with Gasteiger partial charge in [-0.3, -0.25) is 0 Å². The van der Waals surface area contributed by atoms with E-state index in [2.05, 4.69) is 398 Å². The molecule has 0 aliphatic carbocycles. The number of ether oxygens (including phenoxy) is 1. The summed E-state index contributed by atoms with van der Waals surface area (Å²) in [5.41, 5.74) is 32.5. The lowest BCUT2D eigenvalue weighted by Gasteiger charge is -2.50. The number of nitrogens with zero attached hydrogens (tertiary/aromatic N) is 2. The second-order valence-electron chi connectivity index (χ2n) is 37.9. The van der Waals surface area contributed by atoms with E-state index in [9.17, 15) is 0 Å². The number of benzene rings is 12. The average Bonchev–Trinajstić information content (AvgIpc) is 0.893. The second kappa shape index (κ2) is 24.1. The van der Waals surface area contributed by atoms with E-state index in [0.717, 1.165) is 56.5 Å². The van der Waals surface area contributed by atoms with Crippen molar-refractivity contribution in [3.8, 4) is 61.7 Å². The van der Waals surface area contributed by atoms with Crippen molar-refractivity contribution in [2.75, 3.05) is 4.90 Å². The van der Waals surface area contributed by atoms with Gasteiger partial charge in [-0.15, -0.1) is 0 Å². The molecule has 3 nitrogen and oxygen atoms in total. The first-order chi connectivity index (χ1) is 49.5. The number of hydrogen-bond acceptors (Lipinski definition) is 2. The highest BCUT2D eigenvalue weighted by molar-refractivity contribution is 6.99. The van der Waals surface area contributed by atoms with Crippen LogP contribution in [0.15, 0.2) is 243 Å². The average molecular weight is 1370 g/mol. The minimum atomic E-state index is -0.929. The van der Waals surface area contributed by atoms with Gasteiger partial charge in [0.2, 0.25) is 6.71 Å². The Balaban J connectivity index is 1.15. The summed E-state index contributed by atoms with van der Waals surface area (Å²) >= 11 is 0. The van der Waals surface area contributed by atoms with E-state index in [0.29, 0.717) is 0 Å². The monoisotopic (exact) mass is 1370 g/mol. The van der Waals surface area contributed by atoms with Crippen LogP contribution in [0, 0.1) is 0 Å². The zero-order valence-corrected chi connectivity index (χ0v) is 66.0. The molecule has 0 bridgehead atoms. The van der Waals surface area contributed by atoms with E-state index >= 15 is 0 Å². The summed E-state index contributed by atoms with van der Waals surface area (Å²) in [5.74, 6) is 1.72. The Bertz CT molecular complexity index is 5430. The fourth-order valence-corrected chi connectivity index (χ4v) is 17.2. The fraction of sp³-hybridized carbons (Fsp3) is 0.287. The highest BCUT2D eigenvalue weighted by atomic mass is 16.5. The van der Waals surface area contributed by atoms with Gasteiger partial charge in [0.05, 0.1) is 22.1 Å². The second-order valence-corrected chi connectivity index (χ2v) is 37.9. The van der Waals surface area contributed by atoms with Crippen molar-refractivity contribution >= 4 is 62.0 Å². The Kier molecular flexibility index (Phi) is 15.9. The summed E-state index contributed by atoms with van der Waals surface area (Å²) in [5, 5.41) is 2.50. The molecule has 0 amide bonds. The number of hydrogen-bond donors (Lipinski definition) is 0. The zero-order chi connectivity index (χ0) is 74.2. The Labute approximate surface area is 626 Å².